The average Bonchev–Trinajstić information content (AvgIpc) is 2.96. The van der Waals surface area contributed by atoms with Gasteiger partial charge in [0.05, 0.1) is 0 Å². The van der Waals surface area contributed by atoms with E-state index in [1.807, 2.05) is 12.1 Å². The Hall–Kier alpha value is -1.35. The first-order chi connectivity index (χ1) is 9.12. The van der Waals surface area contributed by atoms with Crippen LogP contribution in [0.15, 0.2) is 28.7 Å². The van der Waals surface area contributed by atoms with Gasteiger partial charge in [-0.3, -0.25) is 0 Å². The summed E-state index contributed by atoms with van der Waals surface area (Å²) in [5, 5.41) is 4.36. The van der Waals surface area contributed by atoms with Crippen LogP contribution in [-0.2, 0) is 5.41 Å². The Labute approximate surface area is 113 Å². The summed E-state index contributed by atoms with van der Waals surface area (Å²) in [4.78, 5) is 0. The third kappa shape index (κ3) is 2.16. The van der Waals surface area contributed by atoms with Crippen molar-refractivity contribution in [2.75, 3.05) is 6.54 Å². The van der Waals surface area contributed by atoms with Gasteiger partial charge in [0.25, 0.3) is 0 Å². The van der Waals surface area contributed by atoms with E-state index in [4.69, 9.17) is 4.42 Å². The Balaban J connectivity index is 1.94. The first-order valence-corrected chi connectivity index (χ1v) is 7.04. The highest BCUT2D eigenvalue weighted by molar-refractivity contribution is 5.78. The number of para-hydroxylation sites is 1. The fourth-order valence-electron chi connectivity index (χ4n) is 3.25. The summed E-state index contributed by atoms with van der Waals surface area (Å²) in [6.45, 7) is 5.35. The molecule has 0 spiro atoms. The summed E-state index contributed by atoms with van der Waals surface area (Å²) >= 11 is 0. The van der Waals surface area contributed by atoms with Crippen molar-refractivity contribution < 1.29 is 8.81 Å². The maximum Gasteiger partial charge on any atom is 0.169 e. The molecule has 0 aliphatic heterocycles. The van der Waals surface area contributed by atoms with Crippen LogP contribution in [0.25, 0.3) is 11.0 Å². The lowest BCUT2D eigenvalue weighted by Crippen LogP contribution is -2.28. The highest BCUT2D eigenvalue weighted by Crippen LogP contribution is 2.42. The van der Waals surface area contributed by atoms with E-state index in [0.29, 0.717) is 11.6 Å². The molecule has 102 valence electrons. The predicted octanol–water partition coefficient (Wildman–Crippen LogP) is 3.99. The van der Waals surface area contributed by atoms with E-state index in [1.165, 1.54) is 6.07 Å². The molecular weight excluding hydrogens is 241 g/mol. The lowest BCUT2D eigenvalue weighted by Gasteiger charge is -2.21. The Morgan fingerprint density at radius 3 is 3.05 bits per heavy atom. The van der Waals surface area contributed by atoms with E-state index in [1.54, 1.807) is 6.07 Å². The molecule has 3 rings (SSSR count). The zero-order chi connectivity index (χ0) is 13.5. The maximum atomic E-state index is 13.7. The summed E-state index contributed by atoms with van der Waals surface area (Å²) in [5.41, 5.74) is 0.420. The number of nitrogens with one attached hydrogen (secondary N) is 1. The molecule has 1 saturated carbocycles. The number of rotatable bonds is 3. The smallest absolute Gasteiger partial charge is 0.169 e. The van der Waals surface area contributed by atoms with E-state index in [-0.39, 0.29) is 11.2 Å². The zero-order valence-corrected chi connectivity index (χ0v) is 11.5. The molecule has 1 aromatic carbocycles. The second-order valence-electron chi connectivity index (χ2n) is 5.83. The summed E-state index contributed by atoms with van der Waals surface area (Å²) in [6, 6.07) is 7.65. The molecule has 2 atom stereocenters. The van der Waals surface area contributed by atoms with Gasteiger partial charge >= 0.3 is 0 Å². The fourth-order valence-corrected chi connectivity index (χ4v) is 3.25. The Morgan fingerprint density at radius 1 is 1.47 bits per heavy atom. The number of furan rings is 1. The summed E-state index contributed by atoms with van der Waals surface area (Å²) in [5.74, 6) is 0.654. The minimum absolute atomic E-state index is 0.0261. The van der Waals surface area contributed by atoms with Gasteiger partial charge in [0, 0.05) is 16.8 Å². The SMILES string of the molecule is CCNC1CCC(C)(c2cc3cccc(F)c3o2)C1. The van der Waals surface area contributed by atoms with Gasteiger partial charge in [-0.2, -0.15) is 0 Å². The molecule has 0 radical (unpaired) electrons. The van der Waals surface area contributed by atoms with E-state index in [9.17, 15) is 4.39 Å². The van der Waals surface area contributed by atoms with Crippen molar-refractivity contribution in [3.63, 3.8) is 0 Å². The van der Waals surface area contributed by atoms with Crippen molar-refractivity contribution in [1.82, 2.24) is 5.32 Å². The van der Waals surface area contributed by atoms with Crippen molar-refractivity contribution in [1.29, 1.82) is 0 Å². The number of hydrogen-bond donors (Lipinski definition) is 1. The third-order valence-corrected chi connectivity index (χ3v) is 4.33. The first kappa shape index (κ1) is 12.7. The number of hydrogen-bond acceptors (Lipinski definition) is 2. The lowest BCUT2D eigenvalue weighted by atomic mass is 9.85. The van der Waals surface area contributed by atoms with Crippen LogP contribution < -0.4 is 5.32 Å². The summed E-state index contributed by atoms with van der Waals surface area (Å²) in [7, 11) is 0. The van der Waals surface area contributed by atoms with E-state index < -0.39 is 0 Å². The van der Waals surface area contributed by atoms with Gasteiger partial charge in [-0.25, -0.2) is 4.39 Å². The molecule has 1 aliphatic carbocycles. The molecule has 0 bridgehead atoms. The van der Waals surface area contributed by atoms with Gasteiger partial charge in [-0.1, -0.05) is 26.0 Å². The van der Waals surface area contributed by atoms with Crippen LogP contribution in [0.5, 0.6) is 0 Å². The zero-order valence-electron chi connectivity index (χ0n) is 11.5. The quantitative estimate of drug-likeness (QED) is 0.903. The van der Waals surface area contributed by atoms with Gasteiger partial charge in [-0.15, -0.1) is 0 Å². The number of benzene rings is 1. The second kappa shape index (κ2) is 4.64. The molecule has 1 aromatic heterocycles. The van der Waals surface area contributed by atoms with E-state index >= 15 is 0 Å². The molecule has 0 amide bonds. The number of halogens is 1. The van der Waals surface area contributed by atoms with Crippen LogP contribution >= 0.6 is 0 Å². The van der Waals surface area contributed by atoms with Crippen LogP contribution in [0.1, 0.15) is 38.9 Å². The third-order valence-electron chi connectivity index (χ3n) is 4.33. The van der Waals surface area contributed by atoms with Crippen molar-refractivity contribution in [2.24, 2.45) is 0 Å². The molecule has 0 saturated heterocycles. The maximum absolute atomic E-state index is 13.7. The normalized spacial score (nSPS) is 27.2. The Bertz CT molecular complexity index is 591. The molecule has 2 aromatic rings. The molecule has 1 heterocycles. The van der Waals surface area contributed by atoms with Crippen LogP contribution in [0.4, 0.5) is 4.39 Å². The first-order valence-electron chi connectivity index (χ1n) is 7.04. The Morgan fingerprint density at radius 2 is 2.32 bits per heavy atom. The van der Waals surface area contributed by atoms with Crippen molar-refractivity contribution in [3.05, 3.63) is 35.8 Å². The lowest BCUT2D eigenvalue weighted by molar-refractivity contribution is 0.366. The van der Waals surface area contributed by atoms with Crippen LogP contribution in [0, 0.1) is 5.82 Å². The van der Waals surface area contributed by atoms with Gasteiger partial charge < -0.3 is 9.73 Å². The monoisotopic (exact) mass is 261 g/mol. The average molecular weight is 261 g/mol. The van der Waals surface area contributed by atoms with Crippen LogP contribution in [-0.4, -0.2) is 12.6 Å². The van der Waals surface area contributed by atoms with Gasteiger partial charge in [0.15, 0.2) is 11.4 Å². The highest BCUT2D eigenvalue weighted by Gasteiger charge is 2.38. The second-order valence-corrected chi connectivity index (χ2v) is 5.83. The molecule has 2 nitrogen and oxygen atoms in total. The standard InChI is InChI=1S/C16H20FNO/c1-3-18-12-7-8-16(2,10-12)14-9-11-5-4-6-13(17)15(11)19-14/h4-6,9,12,18H,3,7-8,10H2,1-2H3. The largest absolute Gasteiger partial charge is 0.457 e. The van der Waals surface area contributed by atoms with Crippen molar-refractivity contribution >= 4 is 11.0 Å². The minimum atomic E-state index is -0.270. The molecule has 2 unspecified atom stereocenters. The van der Waals surface area contributed by atoms with Gasteiger partial charge in [0.1, 0.15) is 5.76 Å². The molecule has 19 heavy (non-hydrogen) atoms. The molecule has 1 N–H and O–H groups in total. The molecule has 3 heteroatoms. The van der Waals surface area contributed by atoms with Crippen LogP contribution in [0.2, 0.25) is 0 Å². The van der Waals surface area contributed by atoms with Crippen molar-refractivity contribution in [2.45, 2.75) is 44.6 Å². The van der Waals surface area contributed by atoms with Gasteiger partial charge in [0.2, 0.25) is 0 Å². The topological polar surface area (TPSA) is 25.2 Å². The predicted molar refractivity (Wildman–Crippen MR) is 74.8 cm³/mol. The van der Waals surface area contributed by atoms with E-state index in [0.717, 1.165) is 37.0 Å². The minimum Gasteiger partial charge on any atom is -0.457 e. The van der Waals surface area contributed by atoms with Crippen molar-refractivity contribution in [3.8, 4) is 0 Å². The van der Waals surface area contributed by atoms with E-state index in [2.05, 4.69) is 19.2 Å². The number of fused-ring (bicyclic) bond motifs is 1. The highest BCUT2D eigenvalue weighted by atomic mass is 19.1. The van der Waals surface area contributed by atoms with Crippen LogP contribution in [0.3, 0.4) is 0 Å². The summed E-state index contributed by atoms with van der Waals surface area (Å²) in [6.07, 6.45) is 3.30. The molecule has 1 aliphatic rings. The Kier molecular flexibility index (Phi) is 3.09. The molecule has 1 fully saturated rings. The van der Waals surface area contributed by atoms with Gasteiger partial charge in [-0.05, 0) is 37.9 Å². The molecular formula is C16H20FNO. The summed E-state index contributed by atoms with van der Waals surface area (Å²) < 4.78 is 19.5. The fraction of sp³-hybridized carbons (Fsp3) is 0.500.